The van der Waals surface area contributed by atoms with Crippen molar-refractivity contribution in [1.82, 2.24) is 10.6 Å². The Morgan fingerprint density at radius 3 is 1.58 bits per heavy atom. The van der Waals surface area contributed by atoms with Crippen molar-refractivity contribution in [2.24, 2.45) is 11.5 Å². The van der Waals surface area contributed by atoms with E-state index >= 15 is 0 Å². The summed E-state index contributed by atoms with van der Waals surface area (Å²) in [6.45, 7) is 8.93. The second-order valence-corrected chi connectivity index (χ2v) is 9.10. The number of rotatable bonds is 15. The average molecular weight is 695 g/mol. The van der Waals surface area contributed by atoms with Crippen LogP contribution in [0.25, 0.3) is 11.1 Å². The van der Waals surface area contributed by atoms with Gasteiger partial charge in [-0.3, -0.25) is 9.59 Å². The van der Waals surface area contributed by atoms with Crippen molar-refractivity contribution in [2.45, 2.75) is 25.2 Å². The summed E-state index contributed by atoms with van der Waals surface area (Å²) in [5.74, 6) is -4.82. The molecule has 2 aromatic rings. The lowest BCUT2D eigenvalue weighted by Crippen LogP contribution is -2.33. The molecule has 2 aromatic carbocycles. The highest BCUT2D eigenvalue weighted by Crippen LogP contribution is 2.34. The molecule has 0 saturated carbocycles. The first-order valence-electron chi connectivity index (χ1n) is 13.7. The molecule has 0 radical (unpaired) electrons. The Kier molecular flexibility index (Phi) is 19.3. The number of carbonyl (C=O) groups excluding carboxylic acids is 2. The van der Waals surface area contributed by atoms with Crippen molar-refractivity contribution >= 4 is 23.8 Å². The number of amides is 2. The van der Waals surface area contributed by atoms with Crippen LogP contribution in [0.3, 0.4) is 0 Å². The first kappa shape index (κ1) is 42.9. The molecule has 0 saturated heterocycles. The van der Waals surface area contributed by atoms with Crippen LogP contribution in [0.5, 0.6) is 11.5 Å². The zero-order valence-corrected chi connectivity index (χ0v) is 25.5. The van der Waals surface area contributed by atoms with Gasteiger partial charge >= 0.3 is 24.3 Å². The highest BCUT2D eigenvalue weighted by atomic mass is 19.4. The minimum Gasteiger partial charge on any atom is -0.483 e. The number of alkyl halides is 6. The van der Waals surface area contributed by atoms with Gasteiger partial charge < -0.3 is 41.8 Å². The molecule has 0 aliphatic rings. The predicted octanol–water partition coefficient (Wildman–Crippen LogP) is 2.98. The SMILES string of the molecule is C=CCc1ccc(OCC(=O)NCCN)c(-c2ccc(OCC(=O)NCCN)c(CC=C)c2)c1.O=C(O)C(F)(F)F.O=C(O)C(F)(F)F. The van der Waals surface area contributed by atoms with Gasteiger partial charge in [-0.05, 0) is 53.8 Å². The maximum atomic E-state index is 12.0. The van der Waals surface area contributed by atoms with Crippen LogP contribution in [0.1, 0.15) is 11.1 Å². The molecule has 0 spiro atoms. The van der Waals surface area contributed by atoms with Gasteiger partial charge in [0.25, 0.3) is 11.8 Å². The van der Waals surface area contributed by atoms with E-state index in [4.69, 9.17) is 40.7 Å². The van der Waals surface area contributed by atoms with Gasteiger partial charge in [0.2, 0.25) is 0 Å². The van der Waals surface area contributed by atoms with E-state index in [9.17, 15) is 35.9 Å². The number of hydrogen-bond acceptors (Lipinski definition) is 8. The zero-order chi connectivity index (χ0) is 36.9. The van der Waals surface area contributed by atoms with E-state index in [1.807, 2.05) is 42.5 Å². The van der Waals surface area contributed by atoms with Gasteiger partial charge in [0.15, 0.2) is 13.2 Å². The summed E-state index contributed by atoms with van der Waals surface area (Å²) < 4.78 is 75.0. The fraction of sp³-hybridized carbons (Fsp3) is 0.333. The molecule has 0 aliphatic heterocycles. The number of hydrogen-bond donors (Lipinski definition) is 6. The number of nitrogens with one attached hydrogen (secondary N) is 2. The monoisotopic (exact) mass is 694 g/mol. The summed E-state index contributed by atoms with van der Waals surface area (Å²) in [5.41, 5.74) is 14.5. The number of carbonyl (C=O) groups is 4. The summed E-state index contributed by atoms with van der Waals surface area (Å²) in [4.78, 5) is 41.7. The van der Waals surface area contributed by atoms with Gasteiger partial charge in [-0.25, -0.2) is 9.59 Å². The van der Waals surface area contributed by atoms with Crippen molar-refractivity contribution in [3.05, 3.63) is 72.8 Å². The first-order valence-corrected chi connectivity index (χ1v) is 13.7. The van der Waals surface area contributed by atoms with Gasteiger partial charge in [0.1, 0.15) is 11.5 Å². The molecule has 0 fully saturated rings. The lowest BCUT2D eigenvalue weighted by molar-refractivity contribution is -0.193. The smallest absolute Gasteiger partial charge is 0.483 e. The molecule has 48 heavy (non-hydrogen) atoms. The van der Waals surface area contributed by atoms with Crippen molar-refractivity contribution in [3.63, 3.8) is 0 Å². The van der Waals surface area contributed by atoms with Crippen LogP contribution in [-0.2, 0) is 32.0 Å². The number of allylic oxidation sites excluding steroid dienone is 2. The van der Waals surface area contributed by atoms with Crippen LogP contribution >= 0.6 is 0 Å². The summed E-state index contributed by atoms with van der Waals surface area (Å²) in [5, 5.41) is 19.6. The molecule has 0 unspecified atom stereocenters. The quantitative estimate of drug-likeness (QED) is 0.119. The highest BCUT2D eigenvalue weighted by Gasteiger charge is 2.38. The largest absolute Gasteiger partial charge is 0.490 e. The van der Waals surface area contributed by atoms with E-state index in [2.05, 4.69) is 23.8 Å². The van der Waals surface area contributed by atoms with Crippen molar-refractivity contribution in [1.29, 1.82) is 0 Å². The third-order valence-corrected chi connectivity index (χ3v) is 5.30. The van der Waals surface area contributed by atoms with Crippen LogP contribution in [0.15, 0.2) is 61.7 Å². The van der Waals surface area contributed by atoms with Gasteiger partial charge in [-0.2, -0.15) is 26.3 Å². The number of nitrogens with two attached hydrogens (primary N) is 2. The van der Waals surface area contributed by atoms with Crippen LogP contribution in [0.4, 0.5) is 26.3 Å². The van der Waals surface area contributed by atoms with Crippen molar-refractivity contribution in [3.8, 4) is 22.6 Å². The Labute approximate surface area is 271 Å². The van der Waals surface area contributed by atoms with Gasteiger partial charge in [-0.15, -0.1) is 13.2 Å². The Hall–Kier alpha value is -5.10. The molecule has 0 aromatic heterocycles. The van der Waals surface area contributed by atoms with Crippen molar-refractivity contribution < 1.29 is 65.2 Å². The Balaban J connectivity index is 0.00000131. The fourth-order valence-corrected chi connectivity index (χ4v) is 3.24. The molecule has 266 valence electrons. The molecule has 12 nitrogen and oxygen atoms in total. The molecular weight excluding hydrogens is 658 g/mol. The third kappa shape index (κ3) is 17.6. The molecule has 8 N–H and O–H groups in total. The number of halogens is 6. The highest BCUT2D eigenvalue weighted by molar-refractivity contribution is 5.79. The second-order valence-electron chi connectivity index (χ2n) is 9.10. The number of aliphatic carboxylic acids is 2. The summed E-state index contributed by atoms with van der Waals surface area (Å²) in [7, 11) is 0. The van der Waals surface area contributed by atoms with Crippen LogP contribution in [0.2, 0.25) is 0 Å². The van der Waals surface area contributed by atoms with E-state index in [-0.39, 0.29) is 25.0 Å². The molecule has 0 aliphatic carbocycles. The topological polar surface area (TPSA) is 203 Å². The van der Waals surface area contributed by atoms with E-state index in [0.29, 0.717) is 50.5 Å². The fourth-order valence-electron chi connectivity index (χ4n) is 3.24. The van der Waals surface area contributed by atoms with E-state index in [0.717, 1.165) is 22.3 Å². The maximum absolute atomic E-state index is 12.0. The standard InChI is InChI=1S/C26H34N4O4.2C2HF3O2/c1-3-5-19-7-9-24(34-18-26(32)30-14-12-28)22(15-19)20-8-10-23(21(16-20)6-4-2)33-17-25(31)29-13-11-27;2*3-2(4,5)1(6)7/h3-4,7-10,15-16H,1-2,5-6,11-14,17-18,27-28H2,(H,29,31)(H,30,32);2*(H,6,7). The van der Waals surface area contributed by atoms with E-state index in [1.54, 1.807) is 6.08 Å². The summed E-state index contributed by atoms with van der Waals surface area (Å²) in [6.07, 6.45) is -5.32. The number of carboxylic acid groups (broad SMARTS) is 2. The molecule has 2 rings (SSSR count). The Morgan fingerprint density at radius 1 is 0.729 bits per heavy atom. The maximum Gasteiger partial charge on any atom is 0.490 e. The number of carboxylic acids is 2. The lowest BCUT2D eigenvalue weighted by Gasteiger charge is -2.16. The first-order chi connectivity index (χ1) is 22.4. The average Bonchev–Trinajstić information content (AvgIpc) is 3.01. The molecule has 0 heterocycles. The van der Waals surface area contributed by atoms with Crippen molar-refractivity contribution in [2.75, 3.05) is 39.4 Å². The normalized spacial score (nSPS) is 10.6. The number of benzene rings is 2. The van der Waals surface area contributed by atoms with Crippen LogP contribution in [0, 0.1) is 0 Å². The molecule has 2 amide bonds. The molecule has 18 heteroatoms. The van der Waals surface area contributed by atoms with Gasteiger partial charge in [0, 0.05) is 31.7 Å². The third-order valence-electron chi connectivity index (χ3n) is 5.30. The van der Waals surface area contributed by atoms with E-state index in [1.165, 1.54) is 0 Å². The zero-order valence-electron chi connectivity index (χ0n) is 25.5. The predicted molar refractivity (Wildman–Crippen MR) is 162 cm³/mol. The van der Waals surface area contributed by atoms with Crippen LogP contribution < -0.4 is 31.6 Å². The minimum atomic E-state index is -5.08. The van der Waals surface area contributed by atoms with Gasteiger partial charge in [-0.1, -0.05) is 24.3 Å². The van der Waals surface area contributed by atoms with Gasteiger partial charge in [0.05, 0.1) is 0 Å². The second kappa shape index (κ2) is 21.6. The summed E-state index contributed by atoms with van der Waals surface area (Å²) in [6, 6.07) is 11.5. The Morgan fingerprint density at radius 2 is 1.17 bits per heavy atom. The molecule has 0 atom stereocenters. The lowest BCUT2D eigenvalue weighted by atomic mass is 9.97. The number of ether oxygens (including phenoxy) is 2. The van der Waals surface area contributed by atoms with Crippen LogP contribution in [-0.4, -0.2) is 85.7 Å². The van der Waals surface area contributed by atoms with E-state index < -0.39 is 24.3 Å². The molecule has 0 bridgehead atoms. The molecular formula is C30H36F6N4O8. The Bertz CT molecular complexity index is 1360. The summed E-state index contributed by atoms with van der Waals surface area (Å²) >= 11 is 0. The minimum absolute atomic E-state index is 0.107.